The highest BCUT2D eigenvalue weighted by molar-refractivity contribution is 6.04. The number of ketones is 1. The Morgan fingerprint density at radius 2 is 1.48 bits per heavy atom. The smallest absolute Gasteiger partial charge is 0.204 e. The molecule has 2 aromatic carbocycles. The quantitative estimate of drug-likeness (QED) is 0.767. The zero-order valence-corrected chi connectivity index (χ0v) is 16.0. The van der Waals surface area contributed by atoms with E-state index in [0.717, 1.165) is 5.56 Å². The topological polar surface area (TPSA) is 72.5 Å². The number of benzene rings is 2. The molecular formula is C20H22O7. The van der Waals surface area contributed by atoms with Crippen molar-refractivity contribution in [3.8, 4) is 34.5 Å². The van der Waals surface area contributed by atoms with Gasteiger partial charge in [-0.25, -0.2) is 0 Å². The molecule has 0 saturated heterocycles. The highest BCUT2D eigenvalue weighted by Crippen LogP contribution is 2.49. The number of ether oxygens (including phenoxy) is 6. The molecule has 0 saturated carbocycles. The van der Waals surface area contributed by atoms with E-state index in [4.69, 9.17) is 28.4 Å². The minimum atomic E-state index is -0.465. The van der Waals surface area contributed by atoms with Gasteiger partial charge < -0.3 is 28.4 Å². The van der Waals surface area contributed by atoms with Gasteiger partial charge in [0.05, 0.1) is 42.0 Å². The van der Waals surface area contributed by atoms with Crippen molar-refractivity contribution in [3.05, 3.63) is 35.4 Å². The van der Waals surface area contributed by atoms with Crippen LogP contribution in [0, 0.1) is 0 Å². The van der Waals surface area contributed by atoms with Gasteiger partial charge in [-0.05, 0) is 17.7 Å². The summed E-state index contributed by atoms with van der Waals surface area (Å²) in [5, 5.41) is 0. The van der Waals surface area contributed by atoms with Crippen LogP contribution < -0.4 is 28.4 Å². The second-order valence-corrected chi connectivity index (χ2v) is 5.87. The summed E-state index contributed by atoms with van der Waals surface area (Å²) in [5.74, 6) is 2.56. The lowest BCUT2D eigenvalue weighted by Crippen LogP contribution is -2.21. The van der Waals surface area contributed by atoms with Gasteiger partial charge >= 0.3 is 0 Å². The number of hydrogen-bond donors (Lipinski definition) is 0. The average Bonchev–Trinajstić information content (AvgIpc) is 2.71. The van der Waals surface area contributed by atoms with Gasteiger partial charge in [-0.1, -0.05) is 6.07 Å². The maximum Gasteiger partial charge on any atom is 0.204 e. The van der Waals surface area contributed by atoms with E-state index in [1.807, 2.05) is 6.07 Å². The third-order valence-corrected chi connectivity index (χ3v) is 4.49. The van der Waals surface area contributed by atoms with Crippen molar-refractivity contribution in [1.29, 1.82) is 0 Å². The van der Waals surface area contributed by atoms with Crippen molar-refractivity contribution in [2.75, 3.05) is 35.5 Å². The number of Topliss-reactive ketones (excluding diaryl/α,β-unsaturated/α-hetero) is 1. The molecule has 0 N–H and O–H groups in total. The molecule has 3 rings (SSSR count). The van der Waals surface area contributed by atoms with Crippen LogP contribution in [-0.4, -0.2) is 41.3 Å². The number of methoxy groups -OCH3 is 5. The number of carbonyl (C=O) groups is 1. The fourth-order valence-corrected chi connectivity index (χ4v) is 3.20. The summed E-state index contributed by atoms with van der Waals surface area (Å²) in [6.45, 7) is 0. The van der Waals surface area contributed by atoms with E-state index in [1.54, 1.807) is 32.4 Å². The summed E-state index contributed by atoms with van der Waals surface area (Å²) in [6, 6.07) is 7.08. The van der Waals surface area contributed by atoms with Crippen LogP contribution in [0.4, 0.5) is 0 Å². The normalized spacial score (nSPS) is 15.4. The van der Waals surface area contributed by atoms with E-state index in [9.17, 15) is 4.79 Å². The SMILES string of the molecule is COc1ccc([C@@H]2CC(=O)c3c(cc(OC)c(OC)c3OC)O2)cc1OC. The van der Waals surface area contributed by atoms with Crippen LogP contribution in [0.25, 0.3) is 0 Å². The molecule has 1 aliphatic heterocycles. The minimum absolute atomic E-state index is 0.103. The predicted octanol–water partition coefficient (Wildman–Crippen LogP) is 3.44. The first-order valence-electron chi connectivity index (χ1n) is 8.32. The van der Waals surface area contributed by atoms with E-state index in [2.05, 4.69) is 0 Å². The summed E-state index contributed by atoms with van der Waals surface area (Å²) in [4.78, 5) is 12.9. The molecule has 1 aliphatic rings. The van der Waals surface area contributed by atoms with Gasteiger partial charge in [-0.2, -0.15) is 0 Å². The van der Waals surface area contributed by atoms with Crippen molar-refractivity contribution in [1.82, 2.24) is 0 Å². The number of fused-ring (bicyclic) bond motifs is 1. The Morgan fingerprint density at radius 1 is 0.815 bits per heavy atom. The third-order valence-electron chi connectivity index (χ3n) is 4.49. The number of rotatable bonds is 6. The zero-order valence-electron chi connectivity index (χ0n) is 16.0. The lowest BCUT2D eigenvalue weighted by atomic mass is 9.95. The highest BCUT2D eigenvalue weighted by atomic mass is 16.5. The zero-order chi connectivity index (χ0) is 19.6. The van der Waals surface area contributed by atoms with E-state index < -0.39 is 6.10 Å². The Hall–Kier alpha value is -3.09. The van der Waals surface area contributed by atoms with E-state index in [1.165, 1.54) is 21.3 Å². The Labute approximate surface area is 157 Å². The first-order chi connectivity index (χ1) is 13.1. The van der Waals surface area contributed by atoms with Gasteiger partial charge in [0.25, 0.3) is 0 Å². The number of carbonyl (C=O) groups excluding carboxylic acids is 1. The Balaban J connectivity index is 2.05. The molecule has 0 fully saturated rings. The van der Waals surface area contributed by atoms with Crippen LogP contribution in [0.2, 0.25) is 0 Å². The monoisotopic (exact) mass is 374 g/mol. The fraction of sp³-hybridized carbons (Fsp3) is 0.350. The van der Waals surface area contributed by atoms with Crippen molar-refractivity contribution < 1.29 is 33.2 Å². The Kier molecular flexibility index (Phi) is 5.30. The summed E-state index contributed by atoms with van der Waals surface area (Å²) >= 11 is 0. The molecule has 7 nitrogen and oxygen atoms in total. The highest BCUT2D eigenvalue weighted by Gasteiger charge is 2.34. The Morgan fingerprint density at radius 3 is 2.07 bits per heavy atom. The molecular weight excluding hydrogens is 352 g/mol. The molecule has 0 aliphatic carbocycles. The van der Waals surface area contributed by atoms with Gasteiger partial charge in [-0.15, -0.1) is 0 Å². The standard InChI is InChI=1S/C20H22O7/c1-22-13-7-6-11(8-15(13)23-2)14-9-12(21)18-16(27-14)10-17(24-3)19(25-4)20(18)26-5/h6-8,10,14H,9H2,1-5H3/t14-/m0/s1. The molecule has 2 aromatic rings. The molecule has 0 unspecified atom stereocenters. The number of hydrogen-bond acceptors (Lipinski definition) is 7. The minimum Gasteiger partial charge on any atom is -0.493 e. The summed E-state index contributed by atoms with van der Waals surface area (Å²) in [5.41, 5.74) is 1.16. The summed E-state index contributed by atoms with van der Waals surface area (Å²) < 4.78 is 32.8. The fourth-order valence-electron chi connectivity index (χ4n) is 3.20. The first-order valence-corrected chi connectivity index (χ1v) is 8.32. The molecule has 7 heteroatoms. The Bertz CT molecular complexity index is 860. The summed E-state index contributed by atoms with van der Waals surface area (Å²) in [7, 11) is 7.62. The van der Waals surface area contributed by atoms with Crippen molar-refractivity contribution in [2.45, 2.75) is 12.5 Å². The maximum atomic E-state index is 12.9. The van der Waals surface area contributed by atoms with Gasteiger partial charge in [0, 0.05) is 6.07 Å². The molecule has 0 spiro atoms. The van der Waals surface area contributed by atoms with Crippen molar-refractivity contribution in [3.63, 3.8) is 0 Å². The van der Waals surface area contributed by atoms with Gasteiger partial charge in [0.15, 0.2) is 28.8 Å². The molecule has 0 amide bonds. The van der Waals surface area contributed by atoms with Crippen molar-refractivity contribution >= 4 is 5.78 Å². The molecule has 27 heavy (non-hydrogen) atoms. The van der Waals surface area contributed by atoms with E-state index in [-0.39, 0.29) is 12.2 Å². The maximum absolute atomic E-state index is 12.9. The van der Waals surface area contributed by atoms with Gasteiger partial charge in [-0.3, -0.25) is 4.79 Å². The molecule has 144 valence electrons. The molecule has 0 radical (unpaired) electrons. The summed E-state index contributed by atoms with van der Waals surface area (Å²) in [6.07, 6.45) is -0.304. The second kappa shape index (κ2) is 7.65. The van der Waals surface area contributed by atoms with E-state index in [0.29, 0.717) is 40.1 Å². The van der Waals surface area contributed by atoms with Gasteiger partial charge in [0.1, 0.15) is 17.4 Å². The lowest BCUT2D eigenvalue weighted by Gasteiger charge is -2.28. The van der Waals surface area contributed by atoms with Crippen LogP contribution in [0.5, 0.6) is 34.5 Å². The molecule has 0 aromatic heterocycles. The van der Waals surface area contributed by atoms with Crippen LogP contribution in [0.15, 0.2) is 24.3 Å². The molecule has 1 heterocycles. The van der Waals surface area contributed by atoms with Crippen molar-refractivity contribution in [2.24, 2.45) is 0 Å². The average molecular weight is 374 g/mol. The lowest BCUT2D eigenvalue weighted by molar-refractivity contribution is 0.0842. The van der Waals surface area contributed by atoms with Crippen LogP contribution in [-0.2, 0) is 0 Å². The third kappa shape index (κ3) is 3.20. The molecule has 1 atom stereocenters. The second-order valence-electron chi connectivity index (χ2n) is 5.87. The predicted molar refractivity (Wildman–Crippen MR) is 98.0 cm³/mol. The van der Waals surface area contributed by atoms with Crippen LogP contribution >= 0.6 is 0 Å². The molecule has 0 bridgehead atoms. The largest absolute Gasteiger partial charge is 0.493 e. The van der Waals surface area contributed by atoms with E-state index >= 15 is 0 Å². The first kappa shape index (κ1) is 18.7. The van der Waals surface area contributed by atoms with Gasteiger partial charge in [0.2, 0.25) is 5.75 Å². The van der Waals surface area contributed by atoms with Crippen LogP contribution in [0.3, 0.4) is 0 Å². The van der Waals surface area contributed by atoms with Crippen LogP contribution in [0.1, 0.15) is 28.4 Å².